The van der Waals surface area contributed by atoms with Crippen LogP contribution >= 0.6 is 0 Å². The van der Waals surface area contributed by atoms with Gasteiger partial charge in [-0.2, -0.15) is 4.31 Å². The number of carbonyl (C=O) groups is 1. The fraction of sp³-hybridized carbons (Fsp3) is 0.500. The minimum Gasteiger partial charge on any atom is -0.390 e. The van der Waals surface area contributed by atoms with E-state index in [1.54, 1.807) is 0 Å². The summed E-state index contributed by atoms with van der Waals surface area (Å²) in [6, 6.07) is 10.2. The molecule has 1 aliphatic rings. The van der Waals surface area contributed by atoms with Gasteiger partial charge in [-0.1, -0.05) is 38.1 Å². The number of carbonyl (C=O) groups excluding carboxylic acids is 1. The number of hydrogen-bond acceptors (Lipinski definition) is 5. The first kappa shape index (κ1) is 28.2. The molecule has 2 aromatic carbocycles. The van der Waals surface area contributed by atoms with Crippen LogP contribution in [0.15, 0.2) is 42.5 Å². The summed E-state index contributed by atoms with van der Waals surface area (Å²) in [5.41, 5.74) is 1.57. The summed E-state index contributed by atoms with van der Waals surface area (Å²) in [5.74, 6) is -1.60. The molecule has 36 heavy (non-hydrogen) atoms. The van der Waals surface area contributed by atoms with E-state index in [1.165, 1.54) is 17.5 Å². The first-order valence-electron chi connectivity index (χ1n) is 12.0. The van der Waals surface area contributed by atoms with Crippen molar-refractivity contribution in [3.05, 3.63) is 70.8 Å². The molecule has 0 aromatic heterocycles. The molecule has 0 bridgehead atoms. The molecule has 1 saturated heterocycles. The highest BCUT2D eigenvalue weighted by Gasteiger charge is 2.43. The van der Waals surface area contributed by atoms with Crippen molar-refractivity contribution in [1.29, 1.82) is 0 Å². The lowest BCUT2D eigenvalue weighted by Crippen LogP contribution is -2.53. The van der Waals surface area contributed by atoms with Crippen molar-refractivity contribution in [2.75, 3.05) is 25.9 Å². The fourth-order valence-electron chi connectivity index (χ4n) is 4.70. The molecular formula is C26H35F2N3O4S. The van der Waals surface area contributed by atoms with E-state index in [0.29, 0.717) is 18.5 Å². The summed E-state index contributed by atoms with van der Waals surface area (Å²) in [6.07, 6.45) is 0.571. The van der Waals surface area contributed by atoms with E-state index < -0.39 is 39.3 Å². The third-order valence-corrected chi connectivity index (χ3v) is 7.94. The molecule has 2 aromatic rings. The highest BCUT2D eigenvalue weighted by molar-refractivity contribution is 7.88. The number of halogens is 2. The lowest BCUT2D eigenvalue weighted by Gasteiger charge is -2.34. The van der Waals surface area contributed by atoms with E-state index in [0.717, 1.165) is 29.3 Å². The van der Waals surface area contributed by atoms with Gasteiger partial charge in [0.25, 0.3) is 0 Å². The van der Waals surface area contributed by atoms with Crippen LogP contribution in [-0.2, 0) is 26.8 Å². The third-order valence-electron chi connectivity index (χ3n) is 6.69. The summed E-state index contributed by atoms with van der Waals surface area (Å²) in [6.45, 7) is 6.00. The van der Waals surface area contributed by atoms with Crippen LogP contribution < -0.4 is 10.6 Å². The topological polar surface area (TPSA) is 98.7 Å². The highest BCUT2D eigenvalue weighted by Crippen LogP contribution is 2.35. The molecule has 1 heterocycles. The van der Waals surface area contributed by atoms with Crippen LogP contribution in [-0.4, -0.2) is 61.8 Å². The van der Waals surface area contributed by atoms with Gasteiger partial charge in [0.1, 0.15) is 11.6 Å². The molecule has 3 rings (SSSR count). The van der Waals surface area contributed by atoms with Gasteiger partial charge in [-0.25, -0.2) is 17.2 Å². The van der Waals surface area contributed by atoms with E-state index >= 15 is 0 Å². The smallest absolute Gasteiger partial charge is 0.217 e. The zero-order valence-corrected chi connectivity index (χ0v) is 21.9. The Bertz CT molecular complexity index is 1170. The normalized spacial score (nSPS) is 20.4. The van der Waals surface area contributed by atoms with Gasteiger partial charge in [0.2, 0.25) is 15.9 Å². The number of benzene rings is 2. The average Bonchev–Trinajstić information content (AvgIpc) is 3.22. The minimum absolute atomic E-state index is 0.0163. The van der Waals surface area contributed by atoms with E-state index in [1.807, 2.05) is 18.2 Å². The maximum absolute atomic E-state index is 13.7. The molecule has 0 saturated carbocycles. The van der Waals surface area contributed by atoms with Crippen LogP contribution in [0.2, 0.25) is 0 Å². The Morgan fingerprint density at radius 1 is 1.17 bits per heavy atom. The predicted molar refractivity (Wildman–Crippen MR) is 135 cm³/mol. The predicted octanol–water partition coefficient (Wildman–Crippen LogP) is 2.65. The molecule has 0 aliphatic carbocycles. The largest absolute Gasteiger partial charge is 0.390 e. The molecule has 1 aliphatic heterocycles. The van der Waals surface area contributed by atoms with Gasteiger partial charge in [0, 0.05) is 32.6 Å². The van der Waals surface area contributed by atoms with E-state index in [-0.39, 0.29) is 31.3 Å². The van der Waals surface area contributed by atoms with Gasteiger partial charge in [0.15, 0.2) is 0 Å². The monoisotopic (exact) mass is 523 g/mol. The molecule has 1 fully saturated rings. The van der Waals surface area contributed by atoms with Crippen LogP contribution in [0.3, 0.4) is 0 Å². The minimum atomic E-state index is -3.42. The fourth-order valence-corrected chi connectivity index (χ4v) is 5.58. The standard InChI is InChI=1S/C26H35F2N3O4S/c1-17(2)20-6-5-7-21(13-20)26(8-9-31(16-26)36(4,34)35)29-15-25(33)24(30-18(3)32)12-19-10-22(27)14-23(28)11-19/h5-7,10-11,13-14,17,24-25,29,33H,8-9,12,15-16H2,1-4H3,(H,30,32)/t24-,25+,26?/m0/s1. The molecule has 3 atom stereocenters. The molecule has 7 nitrogen and oxygen atoms in total. The van der Waals surface area contributed by atoms with Crippen molar-refractivity contribution < 1.29 is 27.1 Å². The molecule has 10 heteroatoms. The van der Waals surface area contributed by atoms with Gasteiger partial charge in [-0.15, -0.1) is 0 Å². The summed E-state index contributed by atoms with van der Waals surface area (Å²) in [5, 5.41) is 17.1. The van der Waals surface area contributed by atoms with Crippen molar-refractivity contribution in [3.63, 3.8) is 0 Å². The Labute approximate surface area is 211 Å². The third kappa shape index (κ3) is 7.09. The van der Waals surface area contributed by atoms with E-state index in [2.05, 4.69) is 30.5 Å². The maximum Gasteiger partial charge on any atom is 0.217 e. The lowest BCUT2D eigenvalue weighted by molar-refractivity contribution is -0.120. The second-order valence-electron chi connectivity index (χ2n) is 9.95. The number of nitrogens with zero attached hydrogens (tertiary/aromatic N) is 1. The molecule has 198 valence electrons. The van der Waals surface area contributed by atoms with Gasteiger partial charge in [0.05, 0.1) is 23.9 Å². The zero-order valence-electron chi connectivity index (χ0n) is 21.1. The van der Waals surface area contributed by atoms with Gasteiger partial charge in [-0.3, -0.25) is 4.79 Å². The van der Waals surface area contributed by atoms with Crippen LogP contribution in [0, 0.1) is 11.6 Å². The van der Waals surface area contributed by atoms with E-state index in [4.69, 9.17) is 0 Å². The number of sulfonamides is 1. The first-order chi connectivity index (χ1) is 16.8. The Hall–Kier alpha value is -2.40. The molecule has 1 unspecified atom stereocenters. The van der Waals surface area contributed by atoms with E-state index in [9.17, 15) is 27.1 Å². The van der Waals surface area contributed by atoms with Gasteiger partial charge < -0.3 is 15.7 Å². The summed E-state index contributed by atoms with van der Waals surface area (Å²) < 4.78 is 53.4. The average molecular weight is 524 g/mol. The molecular weight excluding hydrogens is 488 g/mol. The van der Waals surface area contributed by atoms with Crippen LogP contribution in [0.4, 0.5) is 8.78 Å². The first-order valence-corrected chi connectivity index (χ1v) is 13.8. The maximum atomic E-state index is 13.7. The Morgan fingerprint density at radius 2 is 1.83 bits per heavy atom. The van der Waals surface area contributed by atoms with Crippen LogP contribution in [0.5, 0.6) is 0 Å². The van der Waals surface area contributed by atoms with Crippen molar-refractivity contribution in [1.82, 2.24) is 14.9 Å². The lowest BCUT2D eigenvalue weighted by atomic mass is 9.86. The Balaban J connectivity index is 1.86. The zero-order chi connectivity index (χ0) is 26.7. The summed E-state index contributed by atoms with van der Waals surface area (Å²) >= 11 is 0. The van der Waals surface area contributed by atoms with Crippen molar-refractivity contribution >= 4 is 15.9 Å². The number of hydrogen-bond donors (Lipinski definition) is 3. The van der Waals surface area contributed by atoms with Crippen molar-refractivity contribution in [3.8, 4) is 0 Å². The van der Waals surface area contributed by atoms with Crippen molar-refractivity contribution in [2.24, 2.45) is 0 Å². The number of aliphatic hydroxyl groups is 1. The number of rotatable bonds is 10. The quantitative estimate of drug-likeness (QED) is 0.445. The summed E-state index contributed by atoms with van der Waals surface area (Å²) in [7, 11) is -3.42. The molecule has 0 spiro atoms. The SMILES string of the molecule is CC(=O)N[C@@H](Cc1cc(F)cc(F)c1)[C@H](O)CNC1(c2cccc(C(C)C)c2)CCN(S(C)(=O)=O)C1. The number of aliphatic hydroxyl groups excluding tert-OH is 1. The Morgan fingerprint density at radius 3 is 2.39 bits per heavy atom. The van der Waals surface area contributed by atoms with Gasteiger partial charge >= 0.3 is 0 Å². The van der Waals surface area contributed by atoms with Gasteiger partial charge in [-0.05, 0) is 47.6 Å². The summed E-state index contributed by atoms with van der Waals surface area (Å²) in [4.78, 5) is 11.8. The Kier molecular flexibility index (Phi) is 8.87. The second-order valence-corrected chi connectivity index (χ2v) is 11.9. The molecule has 1 amide bonds. The number of nitrogens with one attached hydrogen (secondary N) is 2. The number of amides is 1. The molecule has 3 N–H and O–H groups in total. The van der Waals surface area contributed by atoms with Crippen molar-refractivity contribution in [2.45, 2.75) is 57.2 Å². The molecule has 0 radical (unpaired) electrons. The van der Waals surface area contributed by atoms with Crippen LogP contribution in [0.25, 0.3) is 0 Å². The van der Waals surface area contributed by atoms with Crippen LogP contribution in [0.1, 0.15) is 49.8 Å². The highest BCUT2D eigenvalue weighted by atomic mass is 32.2. The second kappa shape index (κ2) is 11.3.